The number of rotatable bonds is 5. The molecule has 0 aliphatic heterocycles. The number of aromatic nitrogens is 2. The molecule has 0 saturated heterocycles. The number of fused-ring (bicyclic) bond motifs is 3. The van der Waals surface area contributed by atoms with Gasteiger partial charge in [0.05, 0.1) is 17.5 Å². The number of carbonyl (C=O) groups excluding carboxylic acids is 2. The van der Waals surface area contributed by atoms with Crippen LogP contribution in [0.5, 0.6) is 0 Å². The molecule has 0 atom stereocenters. The Morgan fingerprint density at radius 1 is 0.852 bits per heavy atom. The second-order valence-electron chi connectivity index (χ2n) is 8.85. The Hall–Kier alpha value is -2.62. The number of pyridine rings is 2. The first-order chi connectivity index (χ1) is 12.6. The van der Waals surface area contributed by atoms with Crippen molar-refractivity contribution < 1.29 is 9.59 Å². The van der Waals surface area contributed by atoms with Crippen molar-refractivity contribution in [1.82, 2.24) is 9.97 Å². The Morgan fingerprint density at radius 3 is 2.15 bits per heavy atom. The molecule has 0 bridgehead atoms. The third-order valence-electron chi connectivity index (χ3n) is 5.03. The van der Waals surface area contributed by atoms with Gasteiger partial charge < -0.3 is 0 Å². The molecular weight excluding hydrogens is 336 g/mol. The van der Waals surface area contributed by atoms with E-state index in [1.165, 1.54) is 0 Å². The lowest BCUT2D eigenvalue weighted by Crippen LogP contribution is -2.32. The molecular formula is C23H26N2O2. The Morgan fingerprint density at radius 2 is 1.48 bits per heavy atom. The van der Waals surface area contributed by atoms with Crippen LogP contribution in [-0.2, 0) is 16.0 Å². The van der Waals surface area contributed by atoms with Gasteiger partial charge in [-0.15, -0.1) is 0 Å². The number of Topliss-reactive ketones (excluding diaryl/α,β-unsaturated/α-hetero) is 2. The fourth-order valence-electron chi connectivity index (χ4n) is 3.06. The third-order valence-corrected chi connectivity index (χ3v) is 5.03. The molecule has 27 heavy (non-hydrogen) atoms. The number of carbonyl (C=O) groups is 2. The number of nitrogens with zero attached hydrogens (tertiary/aromatic N) is 2. The normalized spacial score (nSPS) is 12.5. The van der Waals surface area contributed by atoms with Crippen LogP contribution in [-0.4, -0.2) is 21.5 Å². The minimum Gasteiger partial charge on any atom is -0.299 e. The van der Waals surface area contributed by atoms with Crippen LogP contribution >= 0.6 is 0 Å². The van der Waals surface area contributed by atoms with E-state index in [1.54, 1.807) is 6.20 Å². The Bertz CT molecular complexity index is 1030. The van der Waals surface area contributed by atoms with Gasteiger partial charge >= 0.3 is 0 Å². The maximum Gasteiger partial charge on any atom is 0.146 e. The van der Waals surface area contributed by atoms with Gasteiger partial charge in [-0.2, -0.15) is 0 Å². The molecule has 3 aromatic rings. The lowest BCUT2D eigenvalue weighted by atomic mass is 9.78. The van der Waals surface area contributed by atoms with E-state index >= 15 is 0 Å². The highest BCUT2D eigenvalue weighted by molar-refractivity contribution is 6.04. The number of ketones is 2. The zero-order valence-electron chi connectivity index (χ0n) is 16.7. The predicted molar refractivity (Wildman–Crippen MR) is 109 cm³/mol. The molecule has 2 heterocycles. The molecule has 0 N–H and O–H groups in total. The van der Waals surface area contributed by atoms with Crippen LogP contribution in [0.4, 0.5) is 0 Å². The molecule has 0 aliphatic carbocycles. The van der Waals surface area contributed by atoms with E-state index in [2.05, 4.69) is 4.98 Å². The largest absolute Gasteiger partial charge is 0.299 e. The van der Waals surface area contributed by atoms with Crippen LogP contribution in [0.1, 0.15) is 46.7 Å². The van der Waals surface area contributed by atoms with Gasteiger partial charge in [0.2, 0.25) is 0 Å². The van der Waals surface area contributed by atoms with Gasteiger partial charge in [0, 0.05) is 39.9 Å². The number of benzene rings is 1. The summed E-state index contributed by atoms with van der Waals surface area (Å²) in [4.78, 5) is 34.3. The second kappa shape index (κ2) is 6.84. The van der Waals surface area contributed by atoms with Crippen LogP contribution in [0.15, 0.2) is 42.6 Å². The highest BCUT2D eigenvalue weighted by Gasteiger charge is 2.33. The van der Waals surface area contributed by atoms with E-state index in [0.717, 1.165) is 27.5 Å². The first-order valence-electron chi connectivity index (χ1n) is 9.28. The van der Waals surface area contributed by atoms with Crippen LogP contribution in [0.3, 0.4) is 0 Å². The summed E-state index contributed by atoms with van der Waals surface area (Å²) < 4.78 is 0. The van der Waals surface area contributed by atoms with Gasteiger partial charge in [0.25, 0.3) is 0 Å². The standard InChI is InChI=1S/C23H26N2O2/c1-22(2,3)18(26)13-19(27)23(4,5)14-17-11-10-16-9-8-15-7-6-12-24-20(15)21(16)25-17/h6-12H,13-14H2,1-5H3. The molecule has 2 aromatic heterocycles. The van der Waals surface area contributed by atoms with Crippen molar-refractivity contribution in [3.63, 3.8) is 0 Å². The number of hydrogen-bond acceptors (Lipinski definition) is 4. The van der Waals surface area contributed by atoms with Crippen molar-refractivity contribution >= 4 is 33.4 Å². The van der Waals surface area contributed by atoms with E-state index < -0.39 is 10.8 Å². The third kappa shape index (κ3) is 4.05. The molecule has 1 aromatic carbocycles. The molecule has 0 unspecified atom stereocenters. The molecule has 140 valence electrons. The minimum atomic E-state index is -0.653. The van der Waals surface area contributed by atoms with Gasteiger partial charge in [0.15, 0.2) is 0 Å². The maximum absolute atomic E-state index is 12.7. The first kappa shape index (κ1) is 19.2. The van der Waals surface area contributed by atoms with Crippen LogP contribution in [0.25, 0.3) is 21.8 Å². The van der Waals surface area contributed by atoms with E-state index in [-0.39, 0.29) is 18.0 Å². The Labute approximate surface area is 160 Å². The quantitative estimate of drug-likeness (QED) is 0.477. The van der Waals surface area contributed by atoms with Gasteiger partial charge in [-0.25, -0.2) is 0 Å². The summed E-state index contributed by atoms with van der Waals surface area (Å²) in [5.41, 5.74) is 1.39. The van der Waals surface area contributed by atoms with Gasteiger partial charge in [-0.05, 0) is 12.1 Å². The lowest BCUT2D eigenvalue weighted by Gasteiger charge is -2.25. The monoisotopic (exact) mass is 362 g/mol. The van der Waals surface area contributed by atoms with Crippen molar-refractivity contribution in [2.24, 2.45) is 10.8 Å². The summed E-state index contributed by atoms with van der Waals surface area (Å²) in [7, 11) is 0. The van der Waals surface area contributed by atoms with Crippen LogP contribution in [0, 0.1) is 10.8 Å². The SMILES string of the molecule is CC(C)(C)C(=O)CC(=O)C(C)(C)Cc1ccc2ccc3cccnc3c2n1. The van der Waals surface area contributed by atoms with Crippen molar-refractivity contribution in [2.45, 2.75) is 47.5 Å². The lowest BCUT2D eigenvalue weighted by molar-refractivity contribution is -0.135. The van der Waals surface area contributed by atoms with Crippen LogP contribution in [0.2, 0.25) is 0 Å². The fourth-order valence-corrected chi connectivity index (χ4v) is 3.06. The van der Waals surface area contributed by atoms with Crippen molar-refractivity contribution in [2.75, 3.05) is 0 Å². The molecule has 0 amide bonds. The van der Waals surface area contributed by atoms with Gasteiger partial charge in [-0.1, -0.05) is 58.9 Å². The second-order valence-corrected chi connectivity index (χ2v) is 8.85. The zero-order chi connectivity index (χ0) is 19.8. The number of hydrogen-bond donors (Lipinski definition) is 0. The van der Waals surface area contributed by atoms with Gasteiger partial charge in [-0.3, -0.25) is 19.6 Å². The average Bonchev–Trinajstić information content (AvgIpc) is 2.60. The fraction of sp³-hybridized carbons (Fsp3) is 0.391. The molecule has 0 fully saturated rings. The minimum absolute atomic E-state index is 0.0257. The highest BCUT2D eigenvalue weighted by Crippen LogP contribution is 2.28. The van der Waals surface area contributed by atoms with Gasteiger partial charge in [0.1, 0.15) is 11.6 Å². The maximum atomic E-state index is 12.7. The summed E-state index contributed by atoms with van der Waals surface area (Å²) in [6.45, 7) is 9.31. The highest BCUT2D eigenvalue weighted by atomic mass is 16.1. The summed E-state index contributed by atoms with van der Waals surface area (Å²) in [5.74, 6) is -0.0670. The summed E-state index contributed by atoms with van der Waals surface area (Å²) >= 11 is 0. The summed E-state index contributed by atoms with van der Waals surface area (Å²) in [5, 5.41) is 2.07. The molecule has 0 aliphatic rings. The molecule has 4 heteroatoms. The first-order valence-corrected chi connectivity index (χ1v) is 9.28. The Kier molecular flexibility index (Phi) is 4.85. The molecule has 4 nitrogen and oxygen atoms in total. The van der Waals surface area contributed by atoms with Crippen molar-refractivity contribution in [1.29, 1.82) is 0 Å². The van der Waals surface area contributed by atoms with Crippen LogP contribution < -0.4 is 0 Å². The molecule has 0 spiro atoms. The topological polar surface area (TPSA) is 59.9 Å². The van der Waals surface area contributed by atoms with Crippen molar-refractivity contribution in [3.8, 4) is 0 Å². The van der Waals surface area contributed by atoms with E-state index in [4.69, 9.17) is 4.98 Å². The van der Waals surface area contributed by atoms with E-state index in [9.17, 15) is 9.59 Å². The van der Waals surface area contributed by atoms with E-state index in [1.807, 2.05) is 71.0 Å². The zero-order valence-corrected chi connectivity index (χ0v) is 16.7. The molecule has 0 saturated carbocycles. The Balaban J connectivity index is 1.90. The molecule has 0 radical (unpaired) electrons. The van der Waals surface area contributed by atoms with E-state index in [0.29, 0.717) is 6.42 Å². The predicted octanol–water partition coefficient (Wildman–Crippen LogP) is 4.93. The molecule has 3 rings (SSSR count). The summed E-state index contributed by atoms with van der Waals surface area (Å²) in [6.07, 6.45) is 2.22. The van der Waals surface area contributed by atoms with Crippen molar-refractivity contribution in [3.05, 3.63) is 48.3 Å². The average molecular weight is 362 g/mol. The summed E-state index contributed by atoms with van der Waals surface area (Å²) in [6, 6.07) is 12.0. The smallest absolute Gasteiger partial charge is 0.146 e.